The zero-order valence-corrected chi connectivity index (χ0v) is 6.31. The van der Waals surface area contributed by atoms with E-state index in [1.54, 1.807) is 17.8 Å². The van der Waals surface area contributed by atoms with E-state index in [1.165, 1.54) is 0 Å². The maximum Gasteiger partial charge on any atom is 0.409 e. The topological polar surface area (TPSA) is 49.3 Å². The fourth-order valence-corrected chi connectivity index (χ4v) is 1.63. The number of nitrogens with one attached hydrogen (secondary N) is 1. The number of carboxylic acid groups (broad SMARTS) is 1. The predicted molar refractivity (Wildman–Crippen MR) is 42.2 cm³/mol. The molecule has 0 spiro atoms. The van der Waals surface area contributed by atoms with Crippen LogP contribution in [0.15, 0.2) is 28.0 Å². The predicted octanol–water partition coefficient (Wildman–Crippen LogP) is 2.24. The molecule has 11 heavy (non-hydrogen) atoms. The smallest absolute Gasteiger partial charge is 0.409 e. The second kappa shape index (κ2) is 2.17. The van der Waals surface area contributed by atoms with Crippen molar-refractivity contribution in [2.75, 3.05) is 5.32 Å². The SMILES string of the molecule is O=C(O)Nc1cccc2c1S2. The van der Waals surface area contributed by atoms with Crippen LogP contribution in [-0.4, -0.2) is 11.2 Å². The molecule has 0 radical (unpaired) electrons. The molecule has 0 atom stereocenters. The summed E-state index contributed by atoms with van der Waals surface area (Å²) in [5, 5.41) is 10.7. The fraction of sp³-hybridized carbons (Fsp3) is 0. The molecule has 0 fully saturated rings. The summed E-state index contributed by atoms with van der Waals surface area (Å²) in [6.07, 6.45) is -1.01. The maximum absolute atomic E-state index is 10.2. The maximum atomic E-state index is 10.2. The van der Waals surface area contributed by atoms with Gasteiger partial charge in [0.05, 0.1) is 5.69 Å². The number of fused-ring (bicyclic) bond motifs is 1. The summed E-state index contributed by atoms with van der Waals surface area (Å²) < 4.78 is 0. The van der Waals surface area contributed by atoms with Gasteiger partial charge in [-0.25, -0.2) is 4.79 Å². The Bertz CT molecular complexity index is 324. The van der Waals surface area contributed by atoms with Gasteiger partial charge in [0.15, 0.2) is 0 Å². The van der Waals surface area contributed by atoms with Crippen molar-refractivity contribution in [3.63, 3.8) is 0 Å². The number of amides is 1. The number of anilines is 1. The monoisotopic (exact) mass is 167 g/mol. The minimum atomic E-state index is -1.01. The van der Waals surface area contributed by atoms with Crippen LogP contribution in [0.1, 0.15) is 0 Å². The third kappa shape index (κ3) is 1.17. The van der Waals surface area contributed by atoms with E-state index in [0.29, 0.717) is 5.69 Å². The number of hydrogen-bond acceptors (Lipinski definition) is 2. The largest absolute Gasteiger partial charge is 0.465 e. The van der Waals surface area contributed by atoms with Gasteiger partial charge in [-0.05, 0) is 12.1 Å². The first-order valence-electron chi connectivity index (χ1n) is 3.08. The van der Waals surface area contributed by atoms with Crippen molar-refractivity contribution in [2.45, 2.75) is 9.79 Å². The van der Waals surface area contributed by atoms with Gasteiger partial charge in [0.1, 0.15) is 0 Å². The minimum Gasteiger partial charge on any atom is -0.465 e. The van der Waals surface area contributed by atoms with E-state index in [4.69, 9.17) is 5.11 Å². The zero-order valence-electron chi connectivity index (χ0n) is 5.50. The molecule has 1 aromatic rings. The third-order valence-corrected chi connectivity index (χ3v) is 2.39. The van der Waals surface area contributed by atoms with Gasteiger partial charge in [-0.3, -0.25) is 5.32 Å². The third-order valence-electron chi connectivity index (χ3n) is 1.39. The summed E-state index contributed by atoms with van der Waals surface area (Å²) in [6.45, 7) is 0. The first kappa shape index (κ1) is 6.54. The zero-order chi connectivity index (χ0) is 7.84. The Morgan fingerprint density at radius 1 is 1.55 bits per heavy atom. The lowest BCUT2D eigenvalue weighted by molar-refractivity contribution is 0.209. The molecule has 3 nitrogen and oxygen atoms in total. The van der Waals surface area contributed by atoms with Crippen LogP contribution in [0.2, 0.25) is 0 Å². The van der Waals surface area contributed by atoms with Crippen molar-refractivity contribution >= 4 is 23.5 Å². The molecule has 0 saturated heterocycles. The summed E-state index contributed by atoms with van der Waals surface area (Å²) in [7, 11) is 0. The highest BCUT2D eigenvalue weighted by molar-refractivity contribution is 8.05. The average molecular weight is 167 g/mol. The van der Waals surface area contributed by atoms with Crippen molar-refractivity contribution in [1.82, 2.24) is 0 Å². The Morgan fingerprint density at radius 2 is 2.36 bits per heavy atom. The molecule has 4 heteroatoms. The van der Waals surface area contributed by atoms with Crippen LogP contribution in [0.4, 0.5) is 10.5 Å². The van der Waals surface area contributed by atoms with E-state index >= 15 is 0 Å². The van der Waals surface area contributed by atoms with E-state index in [1.807, 2.05) is 12.1 Å². The number of benzene rings is 1. The van der Waals surface area contributed by atoms with Crippen LogP contribution < -0.4 is 5.32 Å². The Labute approximate surface area is 67.4 Å². The van der Waals surface area contributed by atoms with Gasteiger partial charge in [-0.2, -0.15) is 0 Å². The molecule has 0 aromatic heterocycles. The Hall–Kier alpha value is -1.16. The summed E-state index contributed by atoms with van der Waals surface area (Å²) >= 11 is 1.60. The van der Waals surface area contributed by atoms with Crippen LogP contribution in [0.3, 0.4) is 0 Å². The van der Waals surface area contributed by atoms with Gasteiger partial charge in [0, 0.05) is 9.79 Å². The first-order chi connectivity index (χ1) is 5.27. The van der Waals surface area contributed by atoms with Crippen molar-refractivity contribution in [3.05, 3.63) is 18.2 Å². The highest BCUT2D eigenvalue weighted by Gasteiger charge is 2.22. The van der Waals surface area contributed by atoms with Crippen LogP contribution >= 0.6 is 11.8 Å². The van der Waals surface area contributed by atoms with Gasteiger partial charge in [0.25, 0.3) is 0 Å². The molecule has 1 aromatic carbocycles. The van der Waals surface area contributed by atoms with Crippen LogP contribution in [0.25, 0.3) is 0 Å². The highest BCUT2D eigenvalue weighted by Crippen LogP contribution is 2.52. The van der Waals surface area contributed by atoms with E-state index in [0.717, 1.165) is 9.79 Å². The lowest BCUT2D eigenvalue weighted by Crippen LogP contribution is -2.06. The van der Waals surface area contributed by atoms with Crippen molar-refractivity contribution < 1.29 is 9.90 Å². The minimum absolute atomic E-state index is 0.694. The second-order valence-corrected chi connectivity index (χ2v) is 3.22. The molecule has 1 amide bonds. The molecule has 0 saturated carbocycles. The van der Waals surface area contributed by atoms with Gasteiger partial charge in [-0.15, -0.1) is 0 Å². The molecule has 56 valence electrons. The summed E-state index contributed by atoms with van der Waals surface area (Å²) in [4.78, 5) is 12.4. The normalized spacial score (nSPS) is 12.0. The lowest BCUT2D eigenvalue weighted by atomic mass is 10.3. The Morgan fingerprint density at radius 3 is 3.09 bits per heavy atom. The van der Waals surface area contributed by atoms with Gasteiger partial charge in [-0.1, -0.05) is 17.8 Å². The molecule has 0 unspecified atom stereocenters. The van der Waals surface area contributed by atoms with E-state index in [-0.39, 0.29) is 0 Å². The molecule has 0 bridgehead atoms. The molecule has 0 aliphatic carbocycles. The molecule has 1 aliphatic heterocycles. The summed E-state index contributed by atoms with van der Waals surface area (Å²) in [5.74, 6) is 0. The van der Waals surface area contributed by atoms with Gasteiger partial charge >= 0.3 is 6.09 Å². The molecule has 1 aliphatic rings. The average Bonchev–Trinajstić information content (AvgIpc) is 2.65. The first-order valence-corrected chi connectivity index (χ1v) is 3.90. The molecule has 2 N–H and O–H groups in total. The second-order valence-electron chi connectivity index (χ2n) is 2.17. The molecular formula is C7H5NO2S. The van der Waals surface area contributed by atoms with E-state index in [9.17, 15) is 4.79 Å². The number of carbonyl (C=O) groups is 1. The molecule has 1 heterocycles. The quantitative estimate of drug-likeness (QED) is 0.640. The Kier molecular flexibility index (Phi) is 1.29. The molecule has 2 rings (SSSR count). The van der Waals surface area contributed by atoms with Crippen LogP contribution in [-0.2, 0) is 0 Å². The standard InChI is InChI=1S/C7H5NO2S/c9-7(10)8-4-2-1-3-5-6(4)11-5/h1-3,8H,(H,9,10). The van der Waals surface area contributed by atoms with Crippen LogP contribution in [0.5, 0.6) is 0 Å². The van der Waals surface area contributed by atoms with E-state index in [2.05, 4.69) is 5.32 Å². The molecular weight excluding hydrogens is 162 g/mol. The Balaban J connectivity index is 2.28. The van der Waals surface area contributed by atoms with Gasteiger partial charge in [0.2, 0.25) is 0 Å². The van der Waals surface area contributed by atoms with Crippen molar-refractivity contribution in [1.29, 1.82) is 0 Å². The number of hydrogen-bond donors (Lipinski definition) is 2. The number of rotatable bonds is 1. The van der Waals surface area contributed by atoms with Gasteiger partial charge < -0.3 is 5.11 Å². The van der Waals surface area contributed by atoms with Crippen molar-refractivity contribution in [2.24, 2.45) is 0 Å². The lowest BCUT2D eigenvalue weighted by Gasteiger charge is -1.96. The fourth-order valence-electron chi connectivity index (χ4n) is 0.903. The summed E-state index contributed by atoms with van der Waals surface area (Å²) in [5.41, 5.74) is 0.694. The van der Waals surface area contributed by atoms with Crippen LogP contribution in [0, 0.1) is 0 Å². The van der Waals surface area contributed by atoms with Crippen molar-refractivity contribution in [3.8, 4) is 0 Å². The van der Waals surface area contributed by atoms with E-state index < -0.39 is 6.09 Å². The highest BCUT2D eigenvalue weighted by atomic mass is 32.2. The summed E-state index contributed by atoms with van der Waals surface area (Å²) in [6, 6.07) is 5.56.